The Kier molecular flexibility index (Phi) is 2.47. The third-order valence-electron chi connectivity index (χ3n) is 2.12. The summed E-state index contributed by atoms with van der Waals surface area (Å²) in [6.45, 7) is 0. The molecule has 0 aromatic carbocycles. The van der Waals surface area contributed by atoms with Crippen molar-refractivity contribution in [3.63, 3.8) is 0 Å². The second kappa shape index (κ2) is 3.77. The van der Waals surface area contributed by atoms with E-state index in [-0.39, 0.29) is 6.29 Å². The van der Waals surface area contributed by atoms with Crippen LogP contribution in [0.5, 0.6) is 0 Å². The highest BCUT2D eigenvalue weighted by molar-refractivity contribution is 5.75. The van der Waals surface area contributed by atoms with Gasteiger partial charge in [-0.15, -0.1) is 0 Å². The number of fused-ring (bicyclic) bond motifs is 1. The van der Waals surface area contributed by atoms with Crippen LogP contribution in [-0.4, -0.2) is 24.2 Å². The lowest BCUT2D eigenvalue weighted by Gasteiger charge is -2.12. The molecular formula is C10H12N2O2. The standard InChI is InChI=1S/C10H12N2O2/c1-13-10(14-2)8-5-7-3-4-11-9(7)12-6-8/h3-6,10H,1-2H3,(H,11,12). The molecule has 0 spiro atoms. The molecule has 2 rings (SSSR count). The molecule has 74 valence electrons. The molecule has 0 bridgehead atoms. The number of nitrogens with one attached hydrogen (secondary N) is 1. The summed E-state index contributed by atoms with van der Waals surface area (Å²) in [5, 5.41) is 1.06. The van der Waals surface area contributed by atoms with Gasteiger partial charge in [0.2, 0.25) is 0 Å². The third kappa shape index (κ3) is 1.49. The van der Waals surface area contributed by atoms with Crippen LogP contribution in [0.15, 0.2) is 24.5 Å². The molecule has 0 atom stereocenters. The van der Waals surface area contributed by atoms with E-state index < -0.39 is 0 Å². The lowest BCUT2D eigenvalue weighted by atomic mass is 10.2. The van der Waals surface area contributed by atoms with Crippen molar-refractivity contribution in [3.05, 3.63) is 30.1 Å². The van der Waals surface area contributed by atoms with Crippen LogP contribution in [0.1, 0.15) is 11.9 Å². The summed E-state index contributed by atoms with van der Waals surface area (Å²) in [6, 6.07) is 3.96. The Morgan fingerprint density at radius 2 is 2.14 bits per heavy atom. The number of aromatic nitrogens is 2. The summed E-state index contributed by atoms with van der Waals surface area (Å²) >= 11 is 0. The summed E-state index contributed by atoms with van der Waals surface area (Å²) in [5.41, 5.74) is 1.79. The SMILES string of the molecule is COC(OC)c1cnc2[nH]ccc2c1. The number of methoxy groups -OCH3 is 2. The molecule has 4 nitrogen and oxygen atoms in total. The minimum absolute atomic E-state index is 0.346. The van der Waals surface area contributed by atoms with Crippen LogP contribution >= 0.6 is 0 Å². The molecule has 0 aliphatic heterocycles. The van der Waals surface area contributed by atoms with Crippen molar-refractivity contribution in [2.45, 2.75) is 6.29 Å². The van der Waals surface area contributed by atoms with Gasteiger partial charge >= 0.3 is 0 Å². The highest BCUT2D eigenvalue weighted by Gasteiger charge is 2.09. The molecule has 0 aliphatic rings. The Labute approximate surface area is 81.9 Å². The van der Waals surface area contributed by atoms with Crippen LogP contribution in [0.25, 0.3) is 11.0 Å². The Bertz CT molecular complexity index is 421. The van der Waals surface area contributed by atoms with Crippen LogP contribution in [-0.2, 0) is 9.47 Å². The zero-order chi connectivity index (χ0) is 9.97. The molecule has 0 saturated heterocycles. The van der Waals surface area contributed by atoms with E-state index in [9.17, 15) is 0 Å². The zero-order valence-corrected chi connectivity index (χ0v) is 8.15. The van der Waals surface area contributed by atoms with Crippen LogP contribution in [0.4, 0.5) is 0 Å². The maximum atomic E-state index is 5.14. The first kappa shape index (κ1) is 9.18. The minimum atomic E-state index is -0.346. The lowest BCUT2D eigenvalue weighted by Crippen LogP contribution is -2.03. The third-order valence-corrected chi connectivity index (χ3v) is 2.12. The first-order valence-electron chi connectivity index (χ1n) is 4.34. The van der Waals surface area contributed by atoms with Gasteiger partial charge in [-0.3, -0.25) is 0 Å². The van der Waals surface area contributed by atoms with Gasteiger partial charge in [0.05, 0.1) is 0 Å². The number of pyridine rings is 1. The second-order valence-electron chi connectivity index (χ2n) is 2.99. The first-order valence-corrected chi connectivity index (χ1v) is 4.34. The van der Waals surface area contributed by atoms with Crippen molar-refractivity contribution >= 4 is 11.0 Å². The molecule has 0 saturated carbocycles. The average Bonchev–Trinajstić information content (AvgIpc) is 2.66. The second-order valence-corrected chi connectivity index (χ2v) is 2.99. The van der Waals surface area contributed by atoms with Crippen molar-refractivity contribution in [1.82, 2.24) is 9.97 Å². The highest BCUT2D eigenvalue weighted by Crippen LogP contribution is 2.19. The Morgan fingerprint density at radius 3 is 2.86 bits per heavy atom. The van der Waals surface area contributed by atoms with E-state index in [1.807, 2.05) is 18.3 Å². The van der Waals surface area contributed by atoms with Crippen molar-refractivity contribution in [3.8, 4) is 0 Å². The molecule has 4 heteroatoms. The van der Waals surface area contributed by atoms with Crippen LogP contribution in [0, 0.1) is 0 Å². The van der Waals surface area contributed by atoms with Crippen molar-refractivity contribution in [2.24, 2.45) is 0 Å². The molecule has 0 aliphatic carbocycles. The van der Waals surface area contributed by atoms with Gasteiger partial charge in [0.25, 0.3) is 0 Å². The normalized spacial score (nSPS) is 11.4. The van der Waals surface area contributed by atoms with Crippen molar-refractivity contribution in [2.75, 3.05) is 14.2 Å². The number of ether oxygens (including phenoxy) is 2. The Morgan fingerprint density at radius 1 is 1.36 bits per heavy atom. The number of nitrogens with zero attached hydrogens (tertiary/aromatic N) is 1. The fourth-order valence-corrected chi connectivity index (χ4v) is 1.45. The molecule has 2 aromatic rings. The zero-order valence-electron chi connectivity index (χ0n) is 8.15. The highest BCUT2D eigenvalue weighted by atomic mass is 16.7. The minimum Gasteiger partial charge on any atom is -0.352 e. The number of hydrogen-bond acceptors (Lipinski definition) is 3. The average molecular weight is 192 g/mol. The van der Waals surface area contributed by atoms with Crippen LogP contribution in [0.2, 0.25) is 0 Å². The van der Waals surface area contributed by atoms with E-state index >= 15 is 0 Å². The van der Waals surface area contributed by atoms with Gasteiger partial charge in [-0.05, 0) is 12.1 Å². The molecule has 0 amide bonds. The predicted molar refractivity (Wildman–Crippen MR) is 52.9 cm³/mol. The maximum Gasteiger partial charge on any atom is 0.184 e. The fourth-order valence-electron chi connectivity index (χ4n) is 1.45. The molecule has 0 fully saturated rings. The van der Waals surface area contributed by atoms with Gasteiger partial charge in [-0.2, -0.15) is 0 Å². The van der Waals surface area contributed by atoms with E-state index in [2.05, 4.69) is 9.97 Å². The molecule has 14 heavy (non-hydrogen) atoms. The number of rotatable bonds is 3. The molecule has 2 heterocycles. The summed E-state index contributed by atoms with van der Waals surface area (Å²) in [6.07, 6.45) is 3.26. The molecule has 0 unspecified atom stereocenters. The summed E-state index contributed by atoms with van der Waals surface area (Å²) in [5.74, 6) is 0. The van der Waals surface area contributed by atoms with Gasteiger partial charge in [0.15, 0.2) is 6.29 Å². The first-order chi connectivity index (χ1) is 6.85. The van der Waals surface area contributed by atoms with Crippen LogP contribution in [0.3, 0.4) is 0 Å². The van der Waals surface area contributed by atoms with E-state index in [4.69, 9.17) is 9.47 Å². The fraction of sp³-hybridized carbons (Fsp3) is 0.300. The van der Waals surface area contributed by atoms with E-state index in [0.717, 1.165) is 16.6 Å². The summed E-state index contributed by atoms with van der Waals surface area (Å²) in [7, 11) is 3.21. The molecule has 1 N–H and O–H groups in total. The monoisotopic (exact) mass is 192 g/mol. The molecule has 0 radical (unpaired) electrons. The van der Waals surface area contributed by atoms with Gasteiger partial charge < -0.3 is 14.5 Å². The Balaban J connectivity index is 2.42. The van der Waals surface area contributed by atoms with Gasteiger partial charge in [0, 0.05) is 37.6 Å². The quantitative estimate of drug-likeness (QED) is 0.755. The lowest BCUT2D eigenvalue weighted by molar-refractivity contribution is -0.106. The number of hydrogen-bond donors (Lipinski definition) is 1. The summed E-state index contributed by atoms with van der Waals surface area (Å²) in [4.78, 5) is 7.27. The maximum absolute atomic E-state index is 5.14. The molecular weight excluding hydrogens is 180 g/mol. The Hall–Kier alpha value is -1.39. The largest absolute Gasteiger partial charge is 0.352 e. The number of H-pyrrole nitrogens is 1. The smallest absolute Gasteiger partial charge is 0.184 e. The van der Waals surface area contributed by atoms with E-state index in [1.165, 1.54) is 0 Å². The topological polar surface area (TPSA) is 47.1 Å². The van der Waals surface area contributed by atoms with Gasteiger partial charge in [-0.1, -0.05) is 0 Å². The van der Waals surface area contributed by atoms with Crippen molar-refractivity contribution < 1.29 is 9.47 Å². The predicted octanol–water partition coefficient (Wildman–Crippen LogP) is 1.85. The summed E-state index contributed by atoms with van der Waals surface area (Å²) < 4.78 is 10.3. The van der Waals surface area contributed by atoms with E-state index in [1.54, 1.807) is 20.4 Å². The number of aromatic amines is 1. The van der Waals surface area contributed by atoms with Gasteiger partial charge in [0.1, 0.15) is 5.65 Å². The van der Waals surface area contributed by atoms with Gasteiger partial charge in [-0.25, -0.2) is 4.98 Å². The van der Waals surface area contributed by atoms with Crippen molar-refractivity contribution in [1.29, 1.82) is 0 Å². The van der Waals surface area contributed by atoms with Crippen LogP contribution < -0.4 is 0 Å². The van der Waals surface area contributed by atoms with E-state index in [0.29, 0.717) is 0 Å². The molecule has 2 aromatic heterocycles.